The van der Waals surface area contributed by atoms with Gasteiger partial charge in [-0.2, -0.15) is 0 Å². The Morgan fingerprint density at radius 3 is 2.58 bits per heavy atom. The number of carbonyl (C=O) groups excluding carboxylic acids is 2. The summed E-state index contributed by atoms with van der Waals surface area (Å²) in [5, 5.41) is 10.6. The normalized spacial score (nSPS) is 26.2. The first-order chi connectivity index (χ1) is 9.08. The summed E-state index contributed by atoms with van der Waals surface area (Å²) in [6.07, 6.45) is 6.98. The second kappa shape index (κ2) is 5.86. The van der Waals surface area contributed by atoms with E-state index >= 15 is 0 Å². The summed E-state index contributed by atoms with van der Waals surface area (Å²) >= 11 is 0. The lowest BCUT2D eigenvalue weighted by molar-refractivity contribution is -0.131. The summed E-state index contributed by atoms with van der Waals surface area (Å²) in [6, 6.07) is -0.165. The molecule has 1 heterocycles. The van der Waals surface area contributed by atoms with Gasteiger partial charge in [-0.15, -0.1) is 0 Å². The van der Waals surface area contributed by atoms with Crippen molar-refractivity contribution in [2.24, 2.45) is 5.92 Å². The van der Waals surface area contributed by atoms with Gasteiger partial charge in [0.05, 0.1) is 0 Å². The smallest absolute Gasteiger partial charge is 0.328 e. The second-order valence-electron chi connectivity index (χ2n) is 5.06. The van der Waals surface area contributed by atoms with Gasteiger partial charge >= 0.3 is 12.0 Å². The molecule has 2 rings (SSSR count). The molecule has 0 aromatic carbocycles. The van der Waals surface area contributed by atoms with Gasteiger partial charge in [-0.1, -0.05) is 6.42 Å². The molecule has 1 aliphatic carbocycles. The summed E-state index contributed by atoms with van der Waals surface area (Å²) in [5.41, 5.74) is 0. The number of aliphatic carboxylic acids is 1. The van der Waals surface area contributed by atoms with Gasteiger partial charge in [-0.3, -0.25) is 10.1 Å². The highest BCUT2D eigenvalue weighted by Gasteiger charge is 2.37. The molecule has 2 unspecified atom stereocenters. The van der Waals surface area contributed by atoms with E-state index in [1.807, 2.05) is 0 Å². The fraction of sp³-hybridized carbons (Fsp3) is 0.615. The average Bonchev–Trinajstić information content (AvgIpc) is 2.84. The molecule has 2 atom stereocenters. The molecule has 6 nitrogen and oxygen atoms in total. The van der Waals surface area contributed by atoms with Crippen molar-refractivity contribution in [2.75, 3.05) is 6.54 Å². The SMILES string of the molecule is O=C(O)C=CC(=O)NC(=O)N1CCCC2CCCC21. The van der Waals surface area contributed by atoms with Crippen LogP contribution in [0.25, 0.3) is 0 Å². The van der Waals surface area contributed by atoms with Crippen molar-refractivity contribution in [1.82, 2.24) is 10.2 Å². The summed E-state index contributed by atoms with van der Waals surface area (Å²) in [4.78, 5) is 35.4. The van der Waals surface area contributed by atoms with Crippen LogP contribution in [0.2, 0.25) is 0 Å². The number of carbonyl (C=O) groups is 3. The quantitative estimate of drug-likeness (QED) is 0.733. The molecule has 0 bridgehead atoms. The van der Waals surface area contributed by atoms with E-state index in [0.29, 0.717) is 12.5 Å². The fourth-order valence-electron chi connectivity index (χ4n) is 3.07. The van der Waals surface area contributed by atoms with Crippen LogP contribution in [0.5, 0.6) is 0 Å². The third-order valence-electron chi connectivity index (χ3n) is 3.86. The first kappa shape index (κ1) is 13.6. The zero-order valence-corrected chi connectivity index (χ0v) is 10.7. The molecule has 1 aliphatic heterocycles. The summed E-state index contributed by atoms with van der Waals surface area (Å²) in [6.45, 7) is 0.670. The number of imide groups is 1. The van der Waals surface area contributed by atoms with Crippen LogP contribution >= 0.6 is 0 Å². The average molecular weight is 266 g/mol. The Labute approximate surface area is 111 Å². The molecule has 2 aliphatic rings. The molecule has 19 heavy (non-hydrogen) atoms. The van der Waals surface area contributed by atoms with Crippen molar-refractivity contribution in [3.05, 3.63) is 12.2 Å². The fourth-order valence-corrected chi connectivity index (χ4v) is 3.07. The van der Waals surface area contributed by atoms with Gasteiger partial charge in [0.1, 0.15) is 0 Å². The van der Waals surface area contributed by atoms with E-state index < -0.39 is 17.9 Å². The number of hydrogen-bond acceptors (Lipinski definition) is 3. The number of fused-ring (bicyclic) bond motifs is 1. The van der Waals surface area contributed by atoms with Crippen molar-refractivity contribution in [3.8, 4) is 0 Å². The summed E-state index contributed by atoms with van der Waals surface area (Å²) in [7, 11) is 0. The van der Waals surface area contributed by atoms with E-state index in [0.717, 1.165) is 44.3 Å². The number of nitrogens with zero attached hydrogens (tertiary/aromatic N) is 1. The molecule has 0 aromatic rings. The molecule has 2 N–H and O–H groups in total. The highest BCUT2D eigenvalue weighted by atomic mass is 16.4. The van der Waals surface area contributed by atoms with Crippen molar-refractivity contribution in [1.29, 1.82) is 0 Å². The Balaban J connectivity index is 1.92. The van der Waals surface area contributed by atoms with Gasteiger partial charge in [0.25, 0.3) is 5.91 Å². The molecule has 2 fully saturated rings. The van der Waals surface area contributed by atoms with E-state index in [-0.39, 0.29) is 6.04 Å². The maximum Gasteiger partial charge on any atom is 0.328 e. The number of nitrogens with one attached hydrogen (secondary N) is 1. The predicted octanol–water partition coefficient (Wildman–Crippen LogP) is 1.13. The highest BCUT2D eigenvalue weighted by molar-refractivity contribution is 6.02. The van der Waals surface area contributed by atoms with E-state index in [1.165, 1.54) is 0 Å². The van der Waals surface area contributed by atoms with Crippen LogP contribution in [0.3, 0.4) is 0 Å². The topological polar surface area (TPSA) is 86.7 Å². The van der Waals surface area contributed by atoms with Crippen molar-refractivity contribution >= 4 is 17.9 Å². The van der Waals surface area contributed by atoms with Crippen molar-refractivity contribution in [3.63, 3.8) is 0 Å². The van der Waals surface area contributed by atoms with Gasteiger partial charge in [-0.25, -0.2) is 9.59 Å². The van der Waals surface area contributed by atoms with E-state index in [9.17, 15) is 14.4 Å². The Morgan fingerprint density at radius 1 is 1.11 bits per heavy atom. The zero-order chi connectivity index (χ0) is 13.8. The minimum Gasteiger partial charge on any atom is -0.478 e. The Kier molecular flexibility index (Phi) is 4.19. The monoisotopic (exact) mass is 266 g/mol. The molecule has 1 saturated heterocycles. The predicted molar refractivity (Wildman–Crippen MR) is 67.4 cm³/mol. The maximum atomic E-state index is 12.0. The van der Waals surface area contributed by atoms with Gasteiger partial charge in [0, 0.05) is 24.7 Å². The summed E-state index contributed by atoms with van der Waals surface area (Å²) in [5.74, 6) is -1.34. The zero-order valence-electron chi connectivity index (χ0n) is 10.7. The number of carboxylic acid groups (broad SMARTS) is 1. The van der Waals surface area contributed by atoms with Crippen LogP contribution < -0.4 is 5.32 Å². The number of rotatable bonds is 2. The number of likely N-dealkylation sites (tertiary alicyclic amines) is 1. The number of urea groups is 1. The minimum absolute atomic E-state index is 0.241. The molecular weight excluding hydrogens is 248 g/mol. The number of carboxylic acids is 1. The number of hydrogen-bond donors (Lipinski definition) is 2. The van der Waals surface area contributed by atoms with Crippen LogP contribution in [0, 0.1) is 5.92 Å². The van der Waals surface area contributed by atoms with Crippen LogP contribution in [-0.4, -0.2) is 40.5 Å². The summed E-state index contributed by atoms with van der Waals surface area (Å²) < 4.78 is 0. The molecular formula is C13H18N2O4. The molecule has 104 valence electrons. The van der Waals surface area contributed by atoms with Crippen LogP contribution in [0.15, 0.2) is 12.2 Å². The molecule has 0 aromatic heterocycles. The molecule has 3 amide bonds. The van der Waals surface area contributed by atoms with E-state index in [2.05, 4.69) is 5.32 Å². The van der Waals surface area contributed by atoms with E-state index in [1.54, 1.807) is 4.90 Å². The lowest BCUT2D eigenvalue weighted by atomic mass is 9.92. The highest BCUT2D eigenvalue weighted by Crippen LogP contribution is 2.36. The van der Waals surface area contributed by atoms with Crippen LogP contribution in [0.4, 0.5) is 4.79 Å². The van der Waals surface area contributed by atoms with E-state index in [4.69, 9.17) is 5.11 Å². The maximum absolute atomic E-state index is 12.0. The molecule has 0 radical (unpaired) electrons. The van der Waals surface area contributed by atoms with Crippen molar-refractivity contribution < 1.29 is 19.5 Å². The minimum atomic E-state index is -1.21. The first-order valence-corrected chi connectivity index (χ1v) is 6.60. The standard InChI is InChI=1S/C13H18N2O4/c16-11(6-7-12(17)18)14-13(19)15-8-2-4-9-3-1-5-10(9)15/h6-7,9-10H,1-5,8H2,(H,17,18)(H,14,16,19). The second-order valence-corrected chi connectivity index (χ2v) is 5.06. The number of amides is 3. The van der Waals surface area contributed by atoms with Crippen LogP contribution in [0.1, 0.15) is 32.1 Å². The van der Waals surface area contributed by atoms with Gasteiger partial charge in [0.2, 0.25) is 0 Å². The molecule has 1 saturated carbocycles. The number of piperidine rings is 1. The lowest BCUT2D eigenvalue weighted by Gasteiger charge is -2.37. The third kappa shape index (κ3) is 3.33. The molecule has 0 spiro atoms. The van der Waals surface area contributed by atoms with Gasteiger partial charge < -0.3 is 10.0 Å². The molecule has 6 heteroatoms. The van der Waals surface area contributed by atoms with Gasteiger partial charge in [-0.05, 0) is 31.6 Å². The van der Waals surface area contributed by atoms with Crippen molar-refractivity contribution in [2.45, 2.75) is 38.1 Å². The first-order valence-electron chi connectivity index (χ1n) is 6.60. The lowest BCUT2D eigenvalue weighted by Crippen LogP contribution is -2.51. The van der Waals surface area contributed by atoms with Gasteiger partial charge in [0.15, 0.2) is 0 Å². The van der Waals surface area contributed by atoms with Crippen LogP contribution in [-0.2, 0) is 9.59 Å². The largest absolute Gasteiger partial charge is 0.478 e. The Bertz CT molecular complexity index is 419. The Hall–Kier alpha value is -1.85. The third-order valence-corrected chi connectivity index (χ3v) is 3.86. The Morgan fingerprint density at radius 2 is 1.84 bits per heavy atom.